The van der Waals surface area contributed by atoms with Gasteiger partial charge in [-0.05, 0) is 30.3 Å². The summed E-state index contributed by atoms with van der Waals surface area (Å²) < 4.78 is 20.0. The van der Waals surface area contributed by atoms with Crippen LogP contribution in [0.25, 0.3) is 5.69 Å². The fourth-order valence-electron chi connectivity index (χ4n) is 4.11. The van der Waals surface area contributed by atoms with Crippen molar-refractivity contribution in [1.82, 2.24) is 9.36 Å². The Bertz CT molecular complexity index is 1420. The van der Waals surface area contributed by atoms with Crippen LogP contribution >= 0.6 is 0 Å². The van der Waals surface area contributed by atoms with Crippen molar-refractivity contribution >= 4 is 11.6 Å². The van der Waals surface area contributed by atoms with Gasteiger partial charge in [-0.3, -0.25) is 9.59 Å². The topological polar surface area (TPSA) is 83.7 Å². The number of para-hydroxylation sites is 2. The van der Waals surface area contributed by atoms with E-state index in [0.717, 1.165) is 5.56 Å². The van der Waals surface area contributed by atoms with E-state index in [2.05, 4.69) is 5.32 Å². The number of carbonyl (C=O) groups excluding carboxylic acids is 1. The Balaban J connectivity index is 1.57. The van der Waals surface area contributed by atoms with Gasteiger partial charge in [0.2, 0.25) is 11.8 Å². The molecule has 0 spiro atoms. The van der Waals surface area contributed by atoms with Crippen LogP contribution in [0.1, 0.15) is 11.1 Å². The third-order valence-corrected chi connectivity index (χ3v) is 5.68. The average Bonchev–Trinajstić information content (AvgIpc) is 3.13. The molecule has 0 fully saturated rings. The molecule has 0 saturated heterocycles. The molecule has 8 heteroatoms. The van der Waals surface area contributed by atoms with Crippen molar-refractivity contribution in [3.63, 3.8) is 0 Å². The minimum Gasteiger partial charge on any atom is -0.497 e. The van der Waals surface area contributed by atoms with Gasteiger partial charge in [-0.1, -0.05) is 36.4 Å². The summed E-state index contributed by atoms with van der Waals surface area (Å²) in [6.45, 7) is -0.138. The van der Waals surface area contributed by atoms with E-state index >= 15 is 0 Å². The molecule has 1 aliphatic rings. The molecule has 0 radical (unpaired) electrons. The number of benzene rings is 3. The highest BCUT2D eigenvalue weighted by Crippen LogP contribution is 2.41. The molecule has 3 aromatic carbocycles. The lowest BCUT2D eigenvalue weighted by Crippen LogP contribution is -2.27. The van der Waals surface area contributed by atoms with Crippen molar-refractivity contribution < 1.29 is 19.0 Å². The Hall–Kier alpha value is -4.46. The first-order valence-corrected chi connectivity index (χ1v) is 10.8. The Labute approximate surface area is 195 Å². The van der Waals surface area contributed by atoms with E-state index in [-0.39, 0.29) is 18.0 Å². The largest absolute Gasteiger partial charge is 0.497 e. The van der Waals surface area contributed by atoms with Crippen molar-refractivity contribution in [1.29, 1.82) is 0 Å². The number of ether oxygens (including phenoxy) is 3. The summed E-state index contributed by atoms with van der Waals surface area (Å²) in [4.78, 5) is 26.6. The lowest BCUT2D eigenvalue weighted by atomic mass is 10.0. The summed E-state index contributed by atoms with van der Waals surface area (Å²) in [5, 5.41) is 2.87. The highest BCUT2D eigenvalue weighted by molar-refractivity contribution is 5.90. The molecule has 1 aromatic heterocycles. The Morgan fingerprint density at radius 3 is 2.56 bits per heavy atom. The minimum absolute atomic E-state index is 0.138. The third kappa shape index (κ3) is 3.79. The first-order valence-electron chi connectivity index (χ1n) is 10.8. The van der Waals surface area contributed by atoms with Gasteiger partial charge in [0, 0.05) is 23.7 Å². The van der Waals surface area contributed by atoms with Gasteiger partial charge >= 0.3 is 0 Å². The van der Waals surface area contributed by atoms with Gasteiger partial charge in [0.1, 0.15) is 12.3 Å². The van der Waals surface area contributed by atoms with Gasteiger partial charge in [0.15, 0.2) is 11.5 Å². The van der Waals surface area contributed by atoms with Crippen molar-refractivity contribution in [3.05, 3.63) is 94.3 Å². The molecular weight excluding hydrogens is 434 g/mol. The van der Waals surface area contributed by atoms with Gasteiger partial charge in [-0.2, -0.15) is 0 Å². The van der Waals surface area contributed by atoms with Crippen LogP contribution in [-0.4, -0.2) is 29.5 Å². The molecule has 2 heterocycles. The molecule has 8 nitrogen and oxygen atoms in total. The van der Waals surface area contributed by atoms with Crippen LogP contribution in [0.15, 0.2) is 77.6 Å². The van der Waals surface area contributed by atoms with Crippen LogP contribution in [0, 0.1) is 0 Å². The Morgan fingerprint density at radius 2 is 1.79 bits per heavy atom. The van der Waals surface area contributed by atoms with Crippen LogP contribution < -0.4 is 25.1 Å². The van der Waals surface area contributed by atoms with Gasteiger partial charge in [-0.25, -0.2) is 9.36 Å². The number of nitrogens with zero attached hydrogens (tertiary/aromatic N) is 2. The maximum Gasteiger partial charge on any atom is 0.278 e. The average molecular weight is 457 g/mol. The standard InChI is InChI=1S/C26H23N3O5/c1-32-20-12-7-9-18(15-20)27-23(30)16-28-26-21(25(31)29(28)19-10-4-3-5-11-19)14-17-8-6-13-22(33-2)24(17)34-26/h3-13,15H,14,16H2,1-2H3,(H,27,30). The second-order valence-electron chi connectivity index (χ2n) is 7.80. The number of aromatic nitrogens is 2. The first-order chi connectivity index (χ1) is 16.6. The van der Waals surface area contributed by atoms with E-state index in [4.69, 9.17) is 14.2 Å². The van der Waals surface area contributed by atoms with E-state index < -0.39 is 0 Å². The number of amides is 1. The summed E-state index contributed by atoms with van der Waals surface area (Å²) in [5.74, 6) is 1.75. The van der Waals surface area contributed by atoms with E-state index in [1.165, 1.54) is 4.68 Å². The number of nitrogens with one attached hydrogen (secondary N) is 1. The molecule has 0 saturated carbocycles. The van der Waals surface area contributed by atoms with Crippen LogP contribution in [-0.2, 0) is 17.8 Å². The molecule has 0 atom stereocenters. The number of hydrogen-bond donors (Lipinski definition) is 1. The second-order valence-corrected chi connectivity index (χ2v) is 7.80. The zero-order chi connectivity index (χ0) is 23.7. The normalized spacial score (nSPS) is 11.7. The first kappa shape index (κ1) is 21.4. The lowest BCUT2D eigenvalue weighted by Gasteiger charge is -2.21. The number of anilines is 1. The molecule has 0 bridgehead atoms. The van der Waals surface area contributed by atoms with Crippen molar-refractivity contribution in [2.24, 2.45) is 0 Å². The fourth-order valence-corrected chi connectivity index (χ4v) is 4.11. The van der Waals surface area contributed by atoms with E-state index in [9.17, 15) is 9.59 Å². The Morgan fingerprint density at radius 1 is 1.00 bits per heavy atom. The smallest absolute Gasteiger partial charge is 0.278 e. The molecule has 4 aromatic rings. The summed E-state index contributed by atoms with van der Waals surface area (Å²) in [5.41, 5.74) is 2.33. The maximum absolute atomic E-state index is 13.5. The third-order valence-electron chi connectivity index (χ3n) is 5.68. The number of rotatable bonds is 6. The van der Waals surface area contributed by atoms with Crippen LogP contribution in [0.2, 0.25) is 0 Å². The predicted molar refractivity (Wildman–Crippen MR) is 128 cm³/mol. The molecule has 0 aliphatic carbocycles. The number of hydrogen-bond acceptors (Lipinski definition) is 5. The minimum atomic E-state index is -0.315. The van der Waals surface area contributed by atoms with Crippen LogP contribution in [0.4, 0.5) is 5.69 Å². The molecule has 0 unspecified atom stereocenters. The molecule has 1 N–H and O–H groups in total. The lowest BCUT2D eigenvalue weighted by molar-refractivity contribution is -0.117. The molecule has 5 rings (SSSR count). The number of methoxy groups -OCH3 is 2. The van der Waals surface area contributed by atoms with Crippen LogP contribution in [0.5, 0.6) is 23.1 Å². The maximum atomic E-state index is 13.5. The van der Waals surface area contributed by atoms with Crippen molar-refractivity contribution in [3.8, 4) is 28.8 Å². The predicted octanol–water partition coefficient (Wildman–Crippen LogP) is 3.99. The summed E-state index contributed by atoms with van der Waals surface area (Å²) in [6, 6.07) is 21.8. The number of carbonyl (C=O) groups is 1. The summed E-state index contributed by atoms with van der Waals surface area (Å²) in [6.07, 6.45) is 0.373. The zero-order valence-electron chi connectivity index (χ0n) is 18.8. The van der Waals surface area contributed by atoms with Gasteiger partial charge in [0.25, 0.3) is 5.56 Å². The van der Waals surface area contributed by atoms with Gasteiger partial charge in [0.05, 0.1) is 25.5 Å². The Kier molecular flexibility index (Phi) is 5.55. The van der Waals surface area contributed by atoms with Gasteiger partial charge in [-0.15, -0.1) is 0 Å². The molecule has 1 amide bonds. The van der Waals surface area contributed by atoms with E-state index in [1.807, 2.05) is 42.5 Å². The monoisotopic (exact) mass is 457 g/mol. The highest BCUT2D eigenvalue weighted by atomic mass is 16.5. The molecule has 1 aliphatic heterocycles. The van der Waals surface area contributed by atoms with E-state index in [0.29, 0.717) is 46.5 Å². The van der Waals surface area contributed by atoms with Crippen LogP contribution in [0.3, 0.4) is 0 Å². The van der Waals surface area contributed by atoms with E-state index in [1.54, 1.807) is 49.2 Å². The molecular formula is C26H23N3O5. The van der Waals surface area contributed by atoms with Crippen molar-refractivity contribution in [2.75, 3.05) is 19.5 Å². The zero-order valence-corrected chi connectivity index (χ0v) is 18.8. The molecule has 172 valence electrons. The summed E-state index contributed by atoms with van der Waals surface area (Å²) in [7, 11) is 3.13. The molecule has 34 heavy (non-hydrogen) atoms. The fraction of sp³-hybridized carbons (Fsp3) is 0.154. The van der Waals surface area contributed by atoms with Gasteiger partial charge < -0.3 is 19.5 Å². The summed E-state index contributed by atoms with van der Waals surface area (Å²) >= 11 is 0. The number of fused-ring (bicyclic) bond motifs is 2. The second kappa shape index (κ2) is 8.82. The highest BCUT2D eigenvalue weighted by Gasteiger charge is 2.30. The quantitative estimate of drug-likeness (QED) is 0.417. The SMILES string of the molecule is COc1cccc(NC(=O)Cn2c3c(c(=O)n2-c2ccccc2)Cc2cccc(OC)c2O3)c1. The van der Waals surface area contributed by atoms with Crippen molar-refractivity contribution in [2.45, 2.75) is 13.0 Å².